The maximum Gasteiger partial charge on any atom is 0.243 e. The molecule has 5 nitrogen and oxygen atoms in total. The molecule has 0 spiro atoms. The highest BCUT2D eigenvalue weighted by atomic mass is 16.5. The third kappa shape index (κ3) is 5.08. The minimum Gasteiger partial charge on any atom is -0.457 e. The van der Waals surface area contributed by atoms with E-state index in [9.17, 15) is 9.59 Å². The Hall–Kier alpha value is -2.82. The molecule has 130 valence electrons. The summed E-state index contributed by atoms with van der Waals surface area (Å²) in [4.78, 5) is 25.8. The molecule has 1 aliphatic rings. The van der Waals surface area contributed by atoms with Gasteiger partial charge in [0.2, 0.25) is 11.8 Å². The summed E-state index contributed by atoms with van der Waals surface area (Å²) in [6, 6.07) is 16.7. The van der Waals surface area contributed by atoms with E-state index in [2.05, 4.69) is 5.32 Å². The third-order valence-electron chi connectivity index (χ3n) is 4.12. The van der Waals surface area contributed by atoms with E-state index < -0.39 is 0 Å². The van der Waals surface area contributed by atoms with Gasteiger partial charge in [-0.1, -0.05) is 24.6 Å². The summed E-state index contributed by atoms with van der Waals surface area (Å²) < 4.78 is 5.72. The zero-order chi connectivity index (χ0) is 17.5. The highest BCUT2D eigenvalue weighted by Crippen LogP contribution is 2.22. The quantitative estimate of drug-likeness (QED) is 0.901. The molecule has 2 amide bonds. The molecule has 3 rings (SSSR count). The first-order valence-corrected chi connectivity index (χ1v) is 8.61. The van der Waals surface area contributed by atoms with Crippen molar-refractivity contribution in [3.05, 3.63) is 54.6 Å². The van der Waals surface area contributed by atoms with Crippen LogP contribution in [0, 0.1) is 0 Å². The Morgan fingerprint density at radius 1 is 0.960 bits per heavy atom. The molecule has 1 heterocycles. The average Bonchev–Trinajstić information content (AvgIpc) is 2.82. The van der Waals surface area contributed by atoms with E-state index in [1.165, 1.54) is 0 Å². The van der Waals surface area contributed by atoms with Gasteiger partial charge in [0, 0.05) is 18.7 Å². The maximum atomic E-state index is 12.2. The third-order valence-corrected chi connectivity index (χ3v) is 4.12. The zero-order valence-electron chi connectivity index (χ0n) is 14.1. The molecule has 0 aliphatic carbocycles. The second-order valence-electron chi connectivity index (χ2n) is 6.11. The molecule has 2 aromatic rings. The maximum absolute atomic E-state index is 12.2. The van der Waals surface area contributed by atoms with Gasteiger partial charge in [0.1, 0.15) is 11.5 Å². The lowest BCUT2D eigenvalue weighted by Gasteiger charge is -2.19. The molecular formula is C20H22N2O3. The number of anilines is 1. The summed E-state index contributed by atoms with van der Waals surface area (Å²) in [5.41, 5.74) is 0.688. The number of benzene rings is 2. The molecule has 0 saturated carbocycles. The van der Waals surface area contributed by atoms with Crippen molar-refractivity contribution in [2.45, 2.75) is 25.7 Å². The van der Waals surface area contributed by atoms with Crippen LogP contribution in [-0.4, -0.2) is 29.8 Å². The van der Waals surface area contributed by atoms with E-state index in [1.54, 1.807) is 29.2 Å². The first kappa shape index (κ1) is 17.0. The van der Waals surface area contributed by atoms with Crippen molar-refractivity contribution < 1.29 is 14.3 Å². The predicted octanol–water partition coefficient (Wildman–Crippen LogP) is 3.82. The zero-order valence-corrected chi connectivity index (χ0v) is 14.1. The fourth-order valence-corrected chi connectivity index (χ4v) is 2.81. The first-order valence-electron chi connectivity index (χ1n) is 8.61. The standard InChI is InChI=1S/C20H22N2O3/c23-19(15-22-14-6-2-5-9-20(22)24)21-16-10-12-18(13-11-16)25-17-7-3-1-4-8-17/h1,3-4,7-8,10-13H,2,5-6,9,14-15H2,(H,21,23). The summed E-state index contributed by atoms with van der Waals surface area (Å²) in [7, 11) is 0. The Morgan fingerprint density at radius 2 is 1.68 bits per heavy atom. The Balaban J connectivity index is 1.54. The monoisotopic (exact) mass is 338 g/mol. The molecule has 1 fully saturated rings. The van der Waals surface area contributed by atoms with E-state index in [4.69, 9.17) is 4.74 Å². The molecule has 5 heteroatoms. The molecule has 1 aliphatic heterocycles. The smallest absolute Gasteiger partial charge is 0.243 e. The van der Waals surface area contributed by atoms with Gasteiger partial charge in [-0.15, -0.1) is 0 Å². The largest absolute Gasteiger partial charge is 0.457 e. The van der Waals surface area contributed by atoms with E-state index in [0.29, 0.717) is 24.4 Å². The van der Waals surface area contributed by atoms with Crippen LogP contribution in [0.2, 0.25) is 0 Å². The van der Waals surface area contributed by atoms with Crippen molar-refractivity contribution in [1.29, 1.82) is 0 Å². The van der Waals surface area contributed by atoms with Gasteiger partial charge >= 0.3 is 0 Å². The molecule has 0 unspecified atom stereocenters. The van der Waals surface area contributed by atoms with Crippen molar-refractivity contribution in [1.82, 2.24) is 4.90 Å². The van der Waals surface area contributed by atoms with E-state index in [-0.39, 0.29) is 18.4 Å². The number of nitrogens with one attached hydrogen (secondary N) is 1. The van der Waals surface area contributed by atoms with Crippen molar-refractivity contribution in [2.75, 3.05) is 18.4 Å². The van der Waals surface area contributed by atoms with Crippen molar-refractivity contribution in [3.8, 4) is 11.5 Å². The van der Waals surface area contributed by atoms with Crippen LogP contribution in [-0.2, 0) is 9.59 Å². The number of nitrogens with zero attached hydrogens (tertiary/aromatic N) is 1. The molecule has 2 aromatic carbocycles. The first-order chi connectivity index (χ1) is 12.2. The number of likely N-dealkylation sites (tertiary alicyclic amines) is 1. The normalized spacial score (nSPS) is 14.7. The van der Waals surface area contributed by atoms with Gasteiger partial charge < -0.3 is 15.0 Å². The molecule has 0 atom stereocenters. The van der Waals surface area contributed by atoms with Gasteiger partial charge in [-0.3, -0.25) is 9.59 Å². The fraction of sp³-hybridized carbons (Fsp3) is 0.300. The second kappa shape index (κ2) is 8.33. The van der Waals surface area contributed by atoms with Crippen molar-refractivity contribution >= 4 is 17.5 Å². The highest BCUT2D eigenvalue weighted by Gasteiger charge is 2.19. The van der Waals surface area contributed by atoms with Gasteiger partial charge in [-0.05, 0) is 49.2 Å². The van der Waals surface area contributed by atoms with Crippen LogP contribution in [0.15, 0.2) is 54.6 Å². The molecule has 1 N–H and O–H groups in total. The van der Waals surface area contributed by atoms with Gasteiger partial charge in [0.05, 0.1) is 6.54 Å². The van der Waals surface area contributed by atoms with Gasteiger partial charge in [-0.25, -0.2) is 0 Å². The van der Waals surface area contributed by atoms with E-state index in [1.807, 2.05) is 30.3 Å². The molecule has 0 bridgehead atoms. The summed E-state index contributed by atoms with van der Waals surface area (Å²) in [5, 5.41) is 2.83. The minimum absolute atomic E-state index is 0.0688. The number of rotatable bonds is 5. The molecule has 1 saturated heterocycles. The number of para-hydroxylation sites is 1. The Morgan fingerprint density at radius 3 is 2.44 bits per heavy atom. The number of hydrogen-bond donors (Lipinski definition) is 1. The summed E-state index contributed by atoms with van der Waals surface area (Å²) in [6.07, 6.45) is 3.47. The van der Waals surface area contributed by atoms with Crippen LogP contribution in [0.3, 0.4) is 0 Å². The van der Waals surface area contributed by atoms with Crippen LogP contribution in [0.1, 0.15) is 25.7 Å². The topological polar surface area (TPSA) is 58.6 Å². The van der Waals surface area contributed by atoms with Gasteiger partial charge in [0.15, 0.2) is 0 Å². The SMILES string of the molecule is O=C(CN1CCCCCC1=O)Nc1ccc(Oc2ccccc2)cc1. The number of carbonyl (C=O) groups is 2. The Kier molecular flexibility index (Phi) is 5.67. The highest BCUT2D eigenvalue weighted by molar-refractivity contribution is 5.94. The summed E-state index contributed by atoms with van der Waals surface area (Å²) >= 11 is 0. The van der Waals surface area contributed by atoms with Crippen LogP contribution in [0.4, 0.5) is 5.69 Å². The average molecular weight is 338 g/mol. The Labute approximate surface area is 147 Å². The number of ether oxygens (including phenoxy) is 1. The van der Waals surface area contributed by atoms with Crippen LogP contribution < -0.4 is 10.1 Å². The van der Waals surface area contributed by atoms with Crippen LogP contribution in [0.5, 0.6) is 11.5 Å². The molecule has 25 heavy (non-hydrogen) atoms. The summed E-state index contributed by atoms with van der Waals surface area (Å²) in [6.45, 7) is 0.775. The Bertz CT molecular complexity index is 713. The van der Waals surface area contributed by atoms with Gasteiger partial charge in [0.25, 0.3) is 0 Å². The lowest BCUT2D eigenvalue weighted by Crippen LogP contribution is -2.37. The van der Waals surface area contributed by atoms with Gasteiger partial charge in [-0.2, -0.15) is 0 Å². The molecule has 0 radical (unpaired) electrons. The summed E-state index contributed by atoms with van der Waals surface area (Å²) in [5.74, 6) is 1.36. The van der Waals surface area contributed by atoms with Crippen LogP contribution >= 0.6 is 0 Å². The van der Waals surface area contributed by atoms with E-state index >= 15 is 0 Å². The fourth-order valence-electron chi connectivity index (χ4n) is 2.81. The number of amides is 2. The molecule has 0 aromatic heterocycles. The second-order valence-corrected chi connectivity index (χ2v) is 6.11. The lowest BCUT2D eigenvalue weighted by atomic mass is 10.2. The van der Waals surface area contributed by atoms with Crippen LogP contribution in [0.25, 0.3) is 0 Å². The predicted molar refractivity (Wildman–Crippen MR) is 96.6 cm³/mol. The molecular weight excluding hydrogens is 316 g/mol. The lowest BCUT2D eigenvalue weighted by molar-refractivity contribution is -0.134. The number of carbonyl (C=O) groups excluding carboxylic acids is 2. The van der Waals surface area contributed by atoms with E-state index in [0.717, 1.165) is 25.0 Å². The minimum atomic E-state index is -0.174. The number of hydrogen-bond acceptors (Lipinski definition) is 3. The van der Waals surface area contributed by atoms with Crippen molar-refractivity contribution in [2.24, 2.45) is 0 Å². The van der Waals surface area contributed by atoms with Crippen molar-refractivity contribution in [3.63, 3.8) is 0 Å².